The number of hydrogen-bond acceptors (Lipinski definition) is 5. The smallest absolute Gasteiger partial charge is 0.186 e. The molecular formula is C12H18N2O2S. The average Bonchev–Trinajstić information content (AvgIpc) is 2.96. The predicted octanol–water partition coefficient (Wildman–Crippen LogP) is 2.35. The molecular weight excluding hydrogens is 236 g/mol. The first kappa shape index (κ1) is 12.5. The van der Waals surface area contributed by atoms with Gasteiger partial charge in [0.25, 0.3) is 0 Å². The van der Waals surface area contributed by atoms with Crippen LogP contribution in [0.1, 0.15) is 36.4 Å². The maximum absolute atomic E-state index is 11.2. The van der Waals surface area contributed by atoms with E-state index in [4.69, 9.17) is 4.74 Å². The third kappa shape index (κ3) is 3.04. The fourth-order valence-electron chi connectivity index (χ4n) is 1.95. The van der Waals surface area contributed by atoms with E-state index in [2.05, 4.69) is 16.8 Å². The zero-order valence-electron chi connectivity index (χ0n) is 10.3. The van der Waals surface area contributed by atoms with Crippen LogP contribution in [0, 0.1) is 0 Å². The molecule has 5 heteroatoms. The van der Waals surface area contributed by atoms with Gasteiger partial charge in [-0.2, -0.15) is 0 Å². The Morgan fingerprint density at radius 2 is 2.53 bits per heavy atom. The van der Waals surface area contributed by atoms with Crippen molar-refractivity contribution in [1.29, 1.82) is 0 Å². The third-order valence-electron chi connectivity index (χ3n) is 2.94. The van der Waals surface area contributed by atoms with Gasteiger partial charge in [-0.1, -0.05) is 11.3 Å². The van der Waals surface area contributed by atoms with E-state index in [0.29, 0.717) is 6.10 Å². The fraction of sp³-hybridized carbons (Fsp3) is 0.667. The molecule has 0 aliphatic carbocycles. The van der Waals surface area contributed by atoms with Crippen LogP contribution in [0.5, 0.6) is 0 Å². The van der Waals surface area contributed by atoms with E-state index in [9.17, 15) is 4.79 Å². The van der Waals surface area contributed by atoms with Crippen LogP contribution in [0.15, 0.2) is 6.20 Å². The summed E-state index contributed by atoms with van der Waals surface area (Å²) in [6.07, 6.45) is 4.26. The van der Waals surface area contributed by atoms with Gasteiger partial charge >= 0.3 is 0 Å². The molecule has 1 aliphatic rings. The fourth-order valence-corrected chi connectivity index (χ4v) is 2.83. The highest BCUT2D eigenvalue weighted by molar-refractivity contribution is 7.17. The van der Waals surface area contributed by atoms with E-state index >= 15 is 0 Å². The summed E-state index contributed by atoms with van der Waals surface area (Å²) in [6.45, 7) is 6.32. The number of carbonyl (C=O) groups is 1. The minimum atomic E-state index is 0.0851. The van der Waals surface area contributed by atoms with Crippen molar-refractivity contribution >= 4 is 22.3 Å². The van der Waals surface area contributed by atoms with Gasteiger partial charge in [0.05, 0.1) is 17.2 Å². The summed E-state index contributed by atoms with van der Waals surface area (Å²) < 4.78 is 5.63. The molecule has 1 aliphatic heterocycles. The Morgan fingerprint density at radius 1 is 1.71 bits per heavy atom. The molecule has 2 rings (SSSR count). The SMILES string of the molecule is CCN(CC1CCCO1)c1ncc(C(C)=O)s1. The van der Waals surface area contributed by atoms with Crippen LogP contribution >= 0.6 is 11.3 Å². The Bertz CT molecular complexity index is 386. The van der Waals surface area contributed by atoms with Crippen molar-refractivity contribution in [2.24, 2.45) is 0 Å². The molecule has 1 fully saturated rings. The second kappa shape index (κ2) is 5.60. The average molecular weight is 254 g/mol. The Morgan fingerprint density at radius 3 is 3.06 bits per heavy atom. The molecule has 1 unspecified atom stereocenters. The number of aromatic nitrogens is 1. The molecule has 0 radical (unpaired) electrons. The summed E-state index contributed by atoms with van der Waals surface area (Å²) >= 11 is 1.47. The summed E-state index contributed by atoms with van der Waals surface area (Å²) in [5.41, 5.74) is 0. The van der Waals surface area contributed by atoms with E-state index in [1.165, 1.54) is 11.3 Å². The summed E-state index contributed by atoms with van der Waals surface area (Å²) in [7, 11) is 0. The third-order valence-corrected chi connectivity index (χ3v) is 4.10. The number of anilines is 1. The van der Waals surface area contributed by atoms with Gasteiger partial charge in [-0.3, -0.25) is 4.79 Å². The van der Waals surface area contributed by atoms with Crippen molar-refractivity contribution in [3.8, 4) is 0 Å². The number of rotatable bonds is 5. The van der Waals surface area contributed by atoms with Crippen molar-refractivity contribution in [2.45, 2.75) is 32.8 Å². The molecule has 2 heterocycles. The van der Waals surface area contributed by atoms with Gasteiger partial charge in [0.1, 0.15) is 0 Å². The Balaban J connectivity index is 2.02. The Kier molecular flexibility index (Phi) is 4.12. The highest BCUT2D eigenvalue weighted by atomic mass is 32.1. The molecule has 0 bridgehead atoms. The predicted molar refractivity (Wildman–Crippen MR) is 69.0 cm³/mol. The van der Waals surface area contributed by atoms with Crippen molar-refractivity contribution in [2.75, 3.05) is 24.6 Å². The molecule has 4 nitrogen and oxygen atoms in total. The van der Waals surface area contributed by atoms with E-state index in [0.717, 1.165) is 42.5 Å². The zero-order valence-corrected chi connectivity index (χ0v) is 11.1. The number of likely N-dealkylation sites (N-methyl/N-ethyl adjacent to an activating group) is 1. The minimum Gasteiger partial charge on any atom is -0.376 e. The number of ether oxygens (including phenoxy) is 1. The Labute approximate surface area is 106 Å². The second-order valence-corrected chi connectivity index (χ2v) is 5.25. The summed E-state index contributed by atoms with van der Waals surface area (Å²) in [6, 6.07) is 0. The number of thiazole rings is 1. The number of ketones is 1. The lowest BCUT2D eigenvalue weighted by Crippen LogP contribution is -2.31. The summed E-state index contributed by atoms with van der Waals surface area (Å²) in [5.74, 6) is 0.0851. The van der Waals surface area contributed by atoms with Crippen LogP contribution in [-0.4, -0.2) is 36.6 Å². The van der Waals surface area contributed by atoms with Crippen molar-refractivity contribution < 1.29 is 9.53 Å². The molecule has 1 saturated heterocycles. The zero-order chi connectivity index (χ0) is 12.3. The quantitative estimate of drug-likeness (QED) is 0.756. The van der Waals surface area contributed by atoms with E-state index in [1.54, 1.807) is 13.1 Å². The number of carbonyl (C=O) groups excluding carboxylic acids is 1. The first-order valence-electron chi connectivity index (χ1n) is 6.04. The van der Waals surface area contributed by atoms with Gasteiger partial charge in [-0.15, -0.1) is 0 Å². The van der Waals surface area contributed by atoms with E-state index in [-0.39, 0.29) is 5.78 Å². The normalized spacial score (nSPS) is 19.5. The van der Waals surface area contributed by atoms with Crippen LogP contribution < -0.4 is 4.90 Å². The van der Waals surface area contributed by atoms with Crippen LogP contribution in [0.3, 0.4) is 0 Å². The molecule has 0 spiro atoms. The molecule has 0 aromatic carbocycles. The van der Waals surface area contributed by atoms with Gasteiger partial charge < -0.3 is 9.64 Å². The molecule has 1 atom stereocenters. The molecule has 1 aromatic rings. The van der Waals surface area contributed by atoms with E-state index < -0.39 is 0 Å². The first-order chi connectivity index (χ1) is 8.20. The van der Waals surface area contributed by atoms with Crippen molar-refractivity contribution in [3.05, 3.63) is 11.1 Å². The summed E-state index contributed by atoms with van der Waals surface area (Å²) in [4.78, 5) is 18.5. The number of hydrogen-bond donors (Lipinski definition) is 0. The maximum atomic E-state index is 11.2. The minimum absolute atomic E-state index is 0.0851. The molecule has 0 N–H and O–H groups in total. The first-order valence-corrected chi connectivity index (χ1v) is 6.85. The van der Waals surface area contributed by atoms with Gasteiger partial charge in [-0.05, 0) is 19.8 Å². The molecule has 0 saturated carbocycles. The lowest BCUT2D eigenvalue weighted by Gasteiger charge is -2.22. The van der Waals surface area contributed by atoms with Gasteiger partial charge in [0, 0.05) is 26.6 Å². The monoisotopic (exact) mass is 254 g/mol. The molecule has 0 amide bonds. The summed E-state index contributed by atoms with van der Waals surface area (Å²) in [5, 5.41) is 0.924. The van der Waals surface area contributed by atoms with Gasteiger partial charge in [0.15, 0.2) is 10.9 Å². The largest absolute Gasteiger partial charge is 0.376 e. The highest BCUT2D eigenvalue weighted by Gasteiger charge is 2.20. The number of nitrogens with zero attached hydrogens (tertiary/aromatic N) is 2. The number of Topliss-reactive ketones (excluding diaryl/α,β-unsaturated/α-hetero) is 1. The standard InChI is InChI=1S/C12H18N2O2S/c1-3-14(8-10-5-4-6-16-10)12-13-7-11(17-12)9(2)15/h7,10H,3-6,8H2,1-2H3. The lowest BCUT2D eigenvalue weighted by molar-refractivity contribution is 0.102. The van der Waals surface area contributed by atoms with Crippen LogP contribution in [0.2, 0.25) is 0 Å². The second-order valence-electron chi connectivity index (χ2n) is 4.24. The maximum Gasteiger partial charge on any atom is 0.186 e. The molecule has 94 valence electrons. The van der Waals surface area contributed by atoms with E-state index in [1.807, 2.05) is 0 Å². The van der Waals surface area contributed by atoms with Gasteiger partial charge in [-0.25, -0.2) is 4.98 Å². The van der Waals surface area contributed by atoms with Crippen molar-refractivity contribution in [1.82, 2.24) is 4.98 Å². The molecule has 1 aromatic heterocycles. The van der Waals surface area contributed by atoms with Crippen LogP contribution in [0.4, 0.5) is 5.13 Å². The topological polar surface area (TPSA) is 42.4 Å². The lowest BCUT2D eigenvalue weighted by atomic mass is 10.2. The van der Waals surface area contributed by atoms with Crippen LogP contribution in [0.25, 0.3) is 0 Å². The molecule has 17 heavy (non-hydrogen) atoms. The highest BCUT2D eigenvalue weighted by Crippen LogP contribution is 2.24. The van der Waals surface area contributed by atoms with Crippen molar-refractivity contribution in [3.63, 3.8) is 0 Å². The van der Waals surface area contributed by atoms with Gasteiger partial charge in [0.2, 0.25) is 0 Å². The Hall–Kier alpha value is -0.940. The van der Waals surface area contributed by atoms with Crippen LogP contribution in [-0.2, 0) is 4.74 Å².